The normalized spacial score (nSPS) is 11.3. The van der Waals surface area contributed by atoms with Crippen LogP contribution in [0.4, 0.5) is 0 Å². The molecule has 1 unspecified atom stereocenters. The highest BCUT2D eigenvalue weighted by atomic mass is 14.3. The van der Waals surface area contributed by atoms with Crippen molar-refractivity contribution in [3.05, 3.63) is 0 Å². The fraction of sp³-hybridized carbons (Fsp3) is 0.842. The molecule has 0 fully saturated rings. The number of hydrogen-bond acceptors (Lipinski definition) is 3. The minimum atomic E-state index is -0.0573. The lowest BCUT2D eigenvalue weighted by Gasteiger charge is -2.05. The lowest BCUT2D eigenvalue weighted by molar-refractivity contribution is 0.515. The van der Waals surface area contributed by atoms with Crippen LogP contribution in [0, 0.1) is 39.9 Å². The van der Waals surface area contributed by atoms with Gasteiger partial charge in [0.1, 0.15) is 0 Å². The molecular weight excluding hydrogens is 270 g/mol. The Morgan fingerprint density at radius 1 is 0.545 bits per heavy atom. The standard InChI is InChI=1S/C19H31N3/c20-16-13-11-9-7-5-3-1-2-4-6-8-10-12-14-19(18-22)15-17-21/h19H,1-15H2. The van der Waals surface area contributed by atoms with E-state index in [2.05, 4.69) is 18.2 Å². The van der Waals surface area contributed by atoms with E-state index in [9.17, 15) is 0 Å². The predicted octanol–water partition coefficient (Wildman–Crippen LogP) is 6.02. The molecule has 0 aromatic rings. The zero-order valence-corrected chi connectivity index (χ0v) is 14.0. The average molecular weight is 301 g/mol. The van der Waals surface area contributed by atoms with Gasteiger partial charge in [0.2, 0.25) is 0 Å². The molecule has 0 heterocycles. The van der Waals surface area contributed by atoms with Gasteiger partial charge in [0.05, 0.1) is 30.5 Å². The molecule has 0 N–H and O–H groups in total. The van der Waals surface area contributed by atoms with Crippen LogP contribution in [0.1, 0.15) is 96.3 Å². The third kappa shape index (κ3) is 14.9. The second-order valence-corrected chi connectivity index (χ2v) is 6.13. The van der Waals surface area contributed by atoms with Gasteiger partial charge in [-0.15, -0.1) is 0 Å². The highest BCUT2D eigenvalue weighted by Crippen LogP contribution is 2.15. The van der Waals surface area contributed by atoms with E-state index in [1.165, 1.54) is 64.2 Å². The largest absolute Gasteiger partial charge is 0.198 e. The molecular formula is C19H31N3. The lowest BCUT2D eigenvalue weighted by atomic mass is 9.99. The molecule has 0 bridgehead atoms. The summed E-state index contributed by atoms with van der Waals surface area (Å²) < 4.78 is 0. The van der Waals surface area contributed by atoms with Crippen LogP contribution in [0.2, 0.25) is 0 Å². The third-order valence-electron chi connectivity index (χ3n) is 4.11. The molecule has 0 aromatic carbocycles. The molecule has 3 nitrogen and oxygen atoms in total. The van der Waals surface area contributed by atoms with Crippen LogP contribution in [0.25, 0.3) is 0 Å². The highest BCUT2D eigenvalue weighted by molar-refractivity contribution is 4.89. The fourth-order valence-corrected chi connectivity index (χ4v) is 2.69. The van der Waals surface area contributed by atoms with Gasteiger partial charge in [0.25, 0.3) is 0 Å². The molecule has 0 aliphatic rings. The maximum Gasteiger partial charge on any atom is 0.0666 e. The maximum atomic E-state index is 8.85. The van der Waals surface area contributed by atoms with Crippen molar-refractivity contribution >= 4 is 0 Å². The number of rotatable bonds is 15. The van der Waals surface area contributed by atoms with Crippen molar-refractivity contribution in [3.63, 3.8) is 0 Å². The van der Waals surface area contributed by atoms with Crippen LogP contribution in [0.5, 0.6) is 0 Å². The van der Waals surface area contributed by atoms with Gasteiger partial charge in [-0.1, -0.05) is 70.6 Å². The molecule has 3 heteroatoms. The van der Waals surface area contributed by atoms with E-state index in [1.807, 2.05) is 0 Å². The minimum absolute atomic E-state index is 0.0573. The van der Waals surface area contributed by atoms with Crippen LogP contribution in [0.15, 0.2) is 0 Å². The average Bonchev–Trinajstić information content (AvgIpc) is 2.54. The fourth-order valence-electron chi connectivity index (χ4n) is 2.69. The minimum Gasteiger partial charge on any atom is -0.198 e. The molecule has 0 aliphatic heterocycles. The van der Waals surface area contributed by atoms with Gasteiger partial charge in [0, 0.05) is 6.42 Å². The first-order valence-corrected chi connectivity index (χ1v) is 8.98. The van der Waals surface area contributed by atoms with Crippen molar-refractivity contribution in [1.29, 1.82) is 15.8 Å². The molecule has 1 atom stereocenters. The van der Waals surface area contributed by atoms with Crippen LogP contribution in [0.3, 0.4) is 0 Å². The Balaban J connectivity index is 3.13. The molecule has 0 saturated carbocycles. The Morgan fingerprint density at radius 2 is 1.00 bits per heavy atom. The summed E-state index contributed by atoms with van der Waals surface area (Å²) in [6.45, 7) is 0. The van der Waals surface area contributed by atoms with Gasteiger partial charge in [0.15, 0.2) is 0 Å². The number of hydrogen-bond donors (Lipinski definition) is 0. The molecule has 122 valence electrons. The van der Waals surface area contributed by atoms with Crippen LogP contribution < -0.4 is 0 Å². The van der Waals surface area contributed by atoms with E-state index >= 15 is 0 Å². The van der Waals surface area contributed by atoms with Crippen molar-refractivity contribution in [2.24, 2.45) is 5.92 Å². The SMILES string of the molecule is N#CCCCCCCCCCCCCCCC(C#N)CC#N. The molecule has 0 amide bonds. The van der Waals surface area contributed by atoms with Crippen molar-refractivity contribution in [2.75, 3.05) is 0 Å². The first-order valence-electron chi connectivity index (χ1n) is 8.98. The van der Waals surface area contributed by atoms with Gasteiger partial charge < -0.3 is 0 Å². The molecule has 0 aliphatic carbocycles. The quantitative estimate of drug-likeness (QED) is 0.347. The van der Waals surface area contributed by atoms with E-state index in [1.54, 1.807) is 0 Å². The van der Waals surface area contributed by atoms with Crippen molar-refractivity contribution in [2.45, 2.75) is 96.3 Å². The number of unbranched alkanes of at least 4 members (excludes halogenated alkanes) is 12. The number of nitriles is 3. The summed E-state index contributed by atoms with van der Waals surface area (Å²) in [5.74, 6) is -0.0573. The van der Waals surface area contributed by atoms with E-state index in [0.717, 1.165) is 19.3 Å². The Kier molecular flexibility index (Phi) is 16.3. The molecule has 0 radical (unpaired) electrons. The van der Waals surface area contributed by atoms with Crippen LogP contribution in [-0.4, -0.2) is 0 Å². The summed E-state index contributed by atoms with van der Waals surface area (Å²) >= 11 is 0. The molecule has 0 rings (SSSR count). The summed E-state index contributed by atoms with van der Waals surface area (Å²) in [7, 11) is 0. The maximum absolute atomic E-state index is 8.85. The third-order valence-corrected chi connectivity index (χ3v) is 4.11. The Labute approximate surface area is 136 Å². The summed E-state index contributed by atoms with van der Waals surface area (Å²) in [5.41, 5.74) is 0. The predicted molar refractivity (Wildman–Crippen MR) is 89.6 cm³/mol. The summed E-state index contributed by atoms with van der Waals surface area (Å²) in [6.07, 6.45) is 17.1. The first-order chi connectivity index (χ1) is 10.8. The van der Waals surface area contributed by atoms with E-state index in [-0.39, 0.29) is 5.92 Å². The van der Waals surface area contributed by atoms with Gasteiger partial charge in [-0.3, -0.25) is 0 Å². The van der Waals surface area contributed by atoms with E-state index < -0.39 is 0 Å². The Morgan fingerprint density at radius 3 is 1.41 bits per heavy atom. The second-order valence-electron chi connectivity index (χ2n) is 6.13. The van der Waals surface area contributed by atoms with Crippen molar-refractivity contribution in [3.8, 4) is 18.2 Å². The van der Waals surface area contributed by atoms with Gasteiger partial charge in [-0.05, 0) is 12.8 Å². The van der Waals surface area contributed by atoms with E-state index in [4.69, 9.17) is 15.8 Å². The molecule has 0 saturated heterocycles. The monoisotopic (exact) mass is 301 g/mol. The summed E-state index contributed by atoms with van der Waals surface area (Å²) in [4.78, 5) is 0. The highest BCUT2D eigenvalue weighted by Gasteiger charge is 2.05. The van der Waals surface area contributed by atoms with Gasteiger partial charge >= 0.3 is 0 Å². The van der Waals surface area contributed by atoms with Gasteiger partial charge in [-0.25, -0.2) is 0 Å². The second kappa shape index (κ2) is 17.5. The smallest absolute Gasteiger partial charge is 0.0666 e. The lowest BCUT2D eigenvalue weighted by Crippen LogP contribution is -1.95. The Hall–Kier alpha value is -1.53. The molecule has 0 spiro atoms. The zero-order valence-electron chi connectivity index (χ0n) is 14.0. The van der Waals surface area contributed by atoms with E-state index in [0.29, 0.717) is 12.8 Å². The van der Waals surface area contributed by atoms with Crippen LogP contribution >= 0.6 is 0 Å². The van der Waals surface area contributed by atoms with Gasteiger partial charge in [-0.2, -0.15) is 15.8 Å². The number of nitrogens with zero attached hydrogens (tertiary/aromatic N) is 3. The Bertz CT molecular complexity index is 356. The molecule has 22 heavy (non-hydrogen) atoms. The topological polar surface area (TPSA) is 71.4 Å². The summed E-state index contributed by atoms with van der Waals surface area (Å²) in [6, 6.07) is 6.49. The van der Waals surface area contributed by atoms with Crippen molar-refractivity contribution < 1.29 is 0 Å². The van der Waals surface area contributed by atoms with Crippen LogP contribution in [-0.2, 0) is 0 Å². The first kappa shape index (κ1) is 20.5. The molecule has 0 aromatic heterocycles. The van der Waals surface area contributed by atoms with Crippen molar-refractivity contribution in [1.82, 2.24) is 0 Å². The zero-order chi connectivity index (χ0) is 16.3. The summed E-state index contributed by atoms with van der Waals surface area (Å²) in [5, 5.41) is 25.8.